The fraction of sp³-hybridized carbons (Fsp3) is 0.639. The van der Waals surface area contributed by atoms with Crippen molar-refractivity contribution in [2.75, 3.05) is 55.7 Å². The topological polar surface area (TPSA) is 69.7 Å². The Balaban J connectivity index is 1.21. The van der Waals surface area contributed by atoms with Crippen LogP contribution in [0.15, 0.2) is 24.4 Å². The maximum Gasteiger partial charge on any atom is 0.319 e. The molecule has 4 atom stereocenters. The predicted octanol–water partition coefficient (Wildman–Crippen LogP) is 5.82. The molecular weight excluding hydrogens is 565 g/mol. The van der Waals surface area contributed by atoms with E-state index < -0.39 is 0 Å². The molecule has 8 nitrogen and oxygen atoms in total. The van der Waals surface area contributed by atoms with Gasteiger partial charge in [0.15, 0.2) is 5.82 Å². The van der Waals surface area contributed by atoms with Crippen molar-refractivity contribution in [3.05, 3.63) is 35.8 Å². The van der Waals surface area contributed by atoms with Crippen LogP contribution in [0.2, 0.25) is 0 Å². The Hall–Kier alpha value is -3.04. The Kier molecular flexibility index (Phi) is 7.60. The van der Waals surface area contributed by atoms with E-state index in [1.54, 1.807) is 6.20 Å². The molecule has 9 heteroatoms. The maximum atomic E-state index is 16.9. The van der Waals surface area contributed by atoms with Crippen molar-refractivity contribution in [3.63, 3.8) is 0 Å². The van der Waals surface area contributed by atoms with Crippen LogP contribution in [0.1, 0.15) is 71.3 Å². The number of nitrogens with one attached hydrogen (secondary N) is 1. The van der Waals surface area contributed by atoms with E-state index in [4.69, 9.17) is 19.7 Å². The number of hydrogen-bond donors (Lipinski definition) is 1. The molecule has 3 aromatic rings. The largest absolute Gasteiger partial charge is 0.461 e. The lowest BCUT2D eigenvalue weighted by Crippen LogP contribution is -2.51. The van der Waals surface area contributed by atoms with Crippen molar-refractivity contribution in [2.45, 2.75) is 89.8 Å². The van der Waals surface area contributed by atoms with Gasteiger partial charge in [-0.25, -0.2) is 4.39 Å². The lowest BCUT2D eigenvalue weighted by molar-refractivity contribution is 0.107. The van der Waals surface area contributed by atoms with Crippen LogP contribution in [-0.4, -0.2) is 83.3 Å². The monoisotopic (exact) mass is 613 g/mol. The van der Waals surface area contributed by atoms with Gasteiger partial charge in [-0.15, -0.1) is 0 Å². The number of nitrogens with zero attached hydrogens (tertiary/aromatic N) is 6. The number of piperazine rings is 1. The highest BCUT2D eigenvalue weighted by atomic mass is 19.1. The summed E-state index contributed by atoms with van der Waals surface area (Å²) in [6.07, 6.45) is 10.9. The summed E-state index contributed by atoms with van der Waals surface area (Å²) in [5.74, 6) is 1.76. The van der Waals surface area contributed by atoms with Crippen molar-refractivity contribution < 1.29 is 9.13 Å². The average molecular weight is 614 g/mol. The number of halogens is 1. The molecular formula is C36H48FN7O. The summed E-state index contributed by atoms with van der Waals surface area (Å²) in [6.45, 7) is 13.1. The van der Waals surface area contributed by atoms with Crippen LogP contribution in [-0.2, 0) is 6.42 Å². The molecule has 0 amide bonds. The Morgan fingerprint density at radius 2 is 1.76 bits per heavy atom. The van der Waals surface area contributed by atoms with Gasteiger partial charge in [-0.1, -0.05) is 44.9 Å². The minimum absolute atomic E-state index is 0.0165. The second kappa shape index (κ2) is 11.6. The number of ether oxygens (including phenoxy) is 1. The molecule has 4 saturated heterocycles. The van der Waals surface area contributed by atoms with Gasteiger partial charge in [0.2, 0.25) is 0 Å². The fourth-order valence-corrected chi connectivity index (χ4v) is 9.32. The molecule has 4 fully saturated rings. The predicted molar refractivity (Wildman–Crippen MR) is 178 cm³/mol. The molecule has 5 aliphatic rings. The molecule has 5 aliphatic heterocycles. The van der Waals surface area contributed by atoms with E-state index >= 15 is 4.39 Å². The molecule has 2 unspecified atom stereocenters. The molecule has 2 aromatic heterocycles. The zero-order valence-corrected chi connectivity index (χ0v) is 27.2. The second-order valence-electron chi connectivity index (χ2n) is 14.4. The number of benzene rings is 1. The van der Waals surface area contributed by atoms with E-state index in [9.17, 15) is 0 Å². The summed E-state index contributed by atoms with van der Waals surface area (Å²) in [5, 5.41) is 4.39. The molecule has 45 heavy (non-hydrogen) atoms. The third-order valence-corrected chi connectivity index (χ3v) is 11.7. The van der Waals surface area contributed by atoms with Crippen molar-refractivity contribution >= 4 is 22.4 Å². The van der Waals surface area contributed by atoms with Crippen LogP contribution in [0.4, 0.5) is 15.9 Å². The molecule has 240 valence electrons. The molecule has 8 rings (SSSR count). The molecule has 1 aromatic carbocycles. The van der Waals surface area contributed by atoms with Gasteiger partial charge in [-0.05, 0) is 62.8 Å². The molecule has 0 aliphatic carbocycles. The van der Waals surface area contributed by atoms with Crippen LogP contribution in [0.25, 0.3) is 22.2 Å². The van der Waals surface area contributed by atoms with E-state index in [2.05, 4.69) is 46.9 Å². The van der Waals surface area contributed by atoms with E-state index in [1.807, 2.05) is 12.1 Å². The Labute approximate surface area is 266 Å². The molecule has 0 saturated carbocycles. The molecule has 1 N–H and O–H groups in total. The minimum atomic E-state index is -0.382. The fourth-order valence-electron chi connectivity index (χ4n) is 9.32. The number of para-hydroxylation sites is 1. The van der Waals surface area contributed by atoms with Crippen LogP contribution in [0.5, 0.6) is 6.01 Å². The summed E-state index contributed by atoms with van der Waals surface area (Å²) in [7, 11) is 0. The second-order valence-corrected chi connectivity index (χ2v) is 14.4. The zero-order valence-electron chi connectivity index (χ0n) is 27.2. The third kappa shape index (κ3) is 5.05. The van der Waals surface area contributed by atoms with Gasteiger partial charge in [0.1, 0.15) is 23.6 Å². The zero-order chi connectivity index (χ0) is 30.7. The standard InChI is InChI=1S/C36H48FN7O/c1-4-23-15-36(16-24(5-2)19-44(36)18-23)22-45-35-40-32-29(34(41-35)43-20-26-12-13-27(21-43)39-26)17-38-31(30(32)37)28-11-7-9-25-10-8-14-42(6-3)33(25)28/h7,9,11,17,23-24,26-27,39H,4-6,8,10,12-16,18-22H2,1-3H3/t23?,24?,26-,27+,36?. The Morgan fingerprint density at radius 1 is 1.00 bits per heavy atom. The summed E-state index contributed by atoms with van der Waals surface area (Å²) in [6, 6.07) is 7.36. The first-order chi connectivity index (χ1) is 22.0. The third-order valence-electron chi connectivity index (χ3n) is 11.7. The maximum absolute atomic E-state index is 16.9. The number of aromatic nitrogens is 3. The van der Waals surface area contributed by atoms with E-state index in [1.165, 1.54) is 18.4 Å². The van der Waals surface area contributed by atoms with Crippen LogP contribution in [0.3, 0.4) is 0 Å². The quantitative estimate of drug-likeness (QED) is 0.341. The highest BCUT2D eigenvalue weighted by Crippen LogP contribution is 2.46. The summed E-state index contributed by atoms with van der Waals surface area (Å²) < 4.78 is 23.5. The summed E-state index contributed by atoms with van der Waals surface area (Å²) >= 11 is 0. The SMILES string of the molecule is CCC1CN2CC(CC)CC2(COc2nc(N3C[C@H]4CC[C@@H](C3)N4)c3cnc(-c4cccc5c4N(CC)CCC5)c(F)c3n2)C1. The average Bonchev–Trinajstić information content (AvgIpc) is 3.71. The van der Waals surface area contributed by atoms with E-state index in [0.717, 1.165) is 94.9 Å². The van der Waals surface area contributed by atoms with E-state index in [-0.39, 0.29) is 11.4 Å². The number of rotatable bonds is 8. The van der Waals surface area contributed by atoms with Crippen molar-refractivity contribution in [3.8, 4) is 17.3 Å². The first-order valence-corrected chi connectivity index (χ1v) is 17.6. The number of pyridine rings is 1. The highest BCUT2D eigenvalue weighted by molar-refractivity contribution is 5.93. The van der Waals surface area contributed by atoms with Gasteiger partial charge in [-0.3, -0.25) is 9.88 Å². The lowest BCUT2D eigenvalue weighted by Gasteiger charge is -2.35. The molecule has 0 radical (unpaired) electrons. The van der Waals surface area contributed by atoms with Crippen molar-refractivity contribution in [1.29, 1.82) is 0 Å². The summed E-state index contributed by atoms with van der Waals surface area (Å²) in [5.41, 5.74) is 3.91. The van der Waals surface area contributed by atoms with Crippen molar-refractivity contribution in [2.24, 2.45) is 11.8 Å². The number of aryl methyl sites for hydroxylation is 1. The Morgan fingerprint density at radius 3 is 2.47 bits per heavy atom. The summed E-state index contributed by atoms with van der Waals surface area (Å²) in [4.78, 5) is 22.0. The lowest BCUT2D eigenvalue weighted by atomic mass is 9.86. The molecule has 0 spiro atoms. The number of hydrogen-bond acceptors (Lipinski definition) is 8. The Bertz CT molecular complexity index is 1550. The first kappa shape index (κ1) is 29.4. The molecule has 7 heterocycles. The first-order valence-electron chi connectivity index (χ1n) is 17.6. The van der Waals surface area contributed by atoms with E-state index in [0.29, 0.717) is 53.1 Å². The number of fused-ring (bicyclic) bond motifs is 5. The number of anilines is 2. The van der Waals surface area contributed by atoms with Gasteiger partial charge in [-0.2, -0.15) is 9.97 Å². The van der Waals surface area contributed by atoms with Crippen LogP contribution < -0.4 is 19.9 Å². The highest BCUT2D eigenvalue weighted by Gasteiger charge is 2.51. The van der Waals surface area contributed by atoms with Crippen LogP contribution >= 0.6 is 0 Å². The minimum Gasteiger partial charge on any atom is -0.461 e. The normalized spacial score (nSPS) is 29.4. The molecule has 2 bridgehead atoms. The van der Waals surface area contributed by atoms with Gasteiger partial charge in [0.05, 0.1) is 10.9 Å². The smallest absolute Gasteiger partial charge is 0.319 e. The van der Waals surface area contributed by atoms with Gasteiger partial charge < -0.3 is 19.9 Å². The van der Waals surface area contributed by atoms with Gasteiger partial charge in [0.25, 0.3) is 0 Å². The van der Waals surface area contributed by atoms with Crippen LogP contribution in [0, 0.1) is 17.7 Å². The van der Waals surface area contributed by atoms with Gasteiger partial charge in [0, 0.05) is 68.8 Å². The van der Waals surface area contributed by atoms with Gasteiger partial charge >= 0.3 is 6.01 Å². The van der Waals surface area contributed by atoms with Crippen molar-refractivity contribution in [1.82, 2.24) is 25.2 Å².